The van der Waals surface area contributed by atoms with Crippen molar-refractivity contribution in [3.8, 4) is 0 Å². The Labute approximate surface area is 119 Å². The van der Waals surface area contributed by atoms with E-state index in [1.54, 1.807) is 10.7 Å². The molecule has 1 heterocycles. The number of aromatic nitrogens is 2. The van der Waals surface area contributed by atoms with E-state index in [9.17, 15) is 4.79 Å². The number of carboxylic acid groups (broad SMARTS) is 1. The van der Waals surface area contributed by atoms with E-state index in [0.29, 0.717) is 12.5 Å². The average molecular weight is 272 g/mol. The average Bonchev–Trinajstić information content (AvgIpc) is 2.82. The molecule has 20 heavy (non-hydrogen) atoms. The fraction of sp³-hybridized carbons (Fsp3) is 0.375. The monoisotopic (exact) mass is 272 g/mol. The van der Waals surface area contributed by atoms with Crippen LogP contribution < -0.4 is 0 Å². The molecule has 0 aliphatic rings. The normalized spacial score (nSPS) is 11.0. The molecule has 0 aliphatic heterocycles. The molecule has 0 unspecified atom stereocenters. The zero-order valence-corrected chi connectivity index (χ0v) is 12.1. The number of benzene rings is 1. The van der Waals surface area contributed by atoms with E-state index in [-0.39, 0.29) is 5.69 Å². The zero-order chi connectivity index (χ0) is 14.7. The number of carboxylic acids is 1. The van der Waals surface area contributed by atoms with Crippen molar-refractivity contribution in [2.75, 3.05) is 0 Å². The highest BCUT2D eigenvalue weighted by Gasteiger charge is 2.12. The van der Waals surface area contributed by atoms with Gasteiger partial charge in [-0.15, -0.1) is 0 Å². The first kappa shape index (κ1) is 14.3. The van der Waals surface area contributed by atoms with Crippen molar-refractivity contribution in [2.24, 2.45) is 0 Å². The van der Waals surface area contributed by atoms with Crippen molar-refractivity contribution < 1.29 is 9.90 Å². The predicted octanol–water partition coefficient (Wildman–Crippen LogP) is 3.32. The predicted molar refractivity (Wildman–Crippen MR) is 78.2 cm³/mol. The van der Waals surface area contributed by atoms with Crippen molar-refractivity contribution in [3.63, 3.8) is 0 Å². The van der Waals surface area contributed by atoms with Crippen molar-refractivity contribution in [1.82, 2.24) is 9.78 Å². The van der Waals surface area contributed by atoms with Gasteiger partial charge in [-0.2, -0.15) is 5.10 Å². The summed E-state index contributed by atoms with van der Waals surface area (Å²) in [6.07, 6.45) is 0.768. The SMILES string of the molecule is CCc1cc(C(=O)O)nn1Cc1ccc(C(C)C)cc1. The van der Waals surface area contributed by atoms with E-state index in [2.05, 4.69) is 43.2 Å². The lowest BCUT2D eigenvalue weighted by atomic mass is 10.0. The van der Waals surface area contributed by atoms with Crippen LogP contribution >= 0.6 is 0 Å². The molecular weight excluding hydrogens is 252 g/mol. The molecular formula is C16H20N2O2. The molecule has 2 aromatic rings. The van der Waals surface area contributed by atoms with E-state index < -0.39 is 5.97 Å². The van der Waals surface area contributed by atoms with Crippen LogP contribution in [0.1, 0.15) is 54.0 Å². The molecule has 2 rings (SSSR count). The van der Waals surface area contributed by atoms with Gasteiger partial charge in [-0.1, -0.05) is 45.0 Å². The number of aromatic carboxylic acids is 1. The first-order valence-electron chi connectivity index (χ1n) is 6.90. The molecule has 0 atom stereocenters. The summed E-state index contributed by atoms with van der Waals surface area (Å²) in [6, 6.07) is 10.0. The van der Waals surface area contributed by atoms with E-state index >= 15 is 0 Å². The topological polar surface area (TPSA) is 55.1 Å². The summed E-state index contributed by atoms with van der Waals surface area (Å²) in [5.41, 5.74) is 3.48. The third-order valence-corrected chi connectivity index (χ3v) is 3.42. The summed E-state index contributed by atoms with van der Waals surface area (Å²) in [5.74, 6) is -0.466. The molecule has 0 amide bonds. The maximum Gasteiger partial charge on any atom is 0.356 e. The van der Waals surface area contributed by atoms with Gasteiger partial charge in [0.1, 0.15) is 0 Å². The number of carbonyl (C=O) groups is 1. The molecule has 106 valence electrons. The van der Waals surface area contributed by atoms with Crippen molar-refractivity contribution >= 4 is 5.97 Å². The molecule has 0 spiro atoms. The Balaban J connectivity index is 2.22. The van der Waals surface area contributed by atoms with Gasteiger partial charge in [0.05, 0.1) is 6.54 Å². The van der Waals surface area contributed by atoms with E-state index in [4.69, 9.17) is 5.11 Å². The third kappa shape index (κ3) is 3.07. The first-order valence-corrected chi connectivity index (χ1v) is 6.90. The second-order valence-electron chi connectivity index (χ2n) is 5.23. The lowest BCUT2D eigenvalue weighted by Crippen LogP contribution is -2.07. The van der Waals surface area contributed by atoms with Gasteiger partial charge >= 0.3 is 5.97 Å². The Morgan fingerprint density at radius 1 is 1.30 bits per heavy atom. The minimum atomic E-state index is -0.978. The lowest BCUT2D eigenvalue weighted by molar-refractivity contribution is 0.0689. The van der Waals surface area contributed by atoms with Crippen LogP contribution in [0.5, 0.6) is 0 Å². The zero-order valence-electron chi connectivity index (χ0n) is 12.1. The molecule has 1 aromatic heterocycles. The largest absolute Gasteiger partial charge is 0.476 e. The molecule has 1 N–H and O–H groups in total. The lowest BCUT2D eigenvalue weighted by Gasteiger charge is -2.09. The van der Waals surface area contributed by atoms with Crippen LogP contribution in [0.2, 0.25) is 0 Å². The Morgan fingerprint density at radius 3 is 2.45 bits per heavy atom. The number of rotatable bonds is 5. The molecule has 0 fully saturated rings. The Bertz CT molecular complexity index is 597. The van der Waals surface area contributed by atoms with Crippen LogP contribution in [0.15, 0.2) is 30.3 Å². The second-order valence-corrected chi connectivity index (χ2v) is 5.23. The van der Waals surface area contributed by atoms with Gasteiger partial charge in [0.2, 0.25) is 0 Å². The molecule has 4 heteroatoms. The maximum atomic E-state index is 11.0. The van der Waals surface area contributed by atoms with Gasteiger partial charge in [0.15, 0.2) is 5.69 Å². The van der Waals surface area contributed by atoms with Crippen molar-refractivity contribution in [3.05, 3.63) is 52.8 Å². The van der Waals surface area contributed by atoms with Gasteiger partial charge in [0, 0.05) is 5.69 Å². The van der Waals surface area contributed by atoms with Gasteiger partial charge in [-0.3, -0.25) is 4.68 Å². The van der Waals surface area contributed by atoms with Crippen LogP contribution in [-0.4, -0.2) is 20.9 Å². The van der Waals surface area contributed by atoms with Crippen LogP contribution in [-0.2, 0) is 13.0 Å². The summed E-state index contributed by atoms with van der Waals surface area (Å²) >= 11 is 0. The molecule has 0 aliphatic carbocycles. The molecule has 0 saturated carbocycles. The molecule has 4 nitrogen and oxygen atoms in total. The summed E-state index contributed by atoms with van der Waals surface area (Å²) < 4.78 is 1.77. The Morgan fingerprint density at radius 2 is 1.95 bits per heavy atom. The first-order chi connectivity index (χ1) is 9.51. The fourth-order valence-corrected chi connectivity index (χ4v) is 2.16. The standard InChI is InChI=1S/C16H20N2O2/c1-4-14-9-15(16(19)20)17-18(14)10-12-5-7-13(8-6-12)11(2)3/h5-9,11H,4,10H2,1-3H3,(H,19,20). The quantitative estimate of drug-likeness (QED) is 0.908. The highest BCUT2D eigenvalue weighted by atomic mass is 16.4. The number of hydrogen-bond donors (Lipinski definition) is 1. The van der Waals surface area contributed by atoms with Gasteiger partial charge in [-0.25, -0.2) is 4.79 Å². The summed E-state index contributed by atoms with van der Waals surface area (Å²) in [6.45, 7) is 6.93. The third-order valence-electron chi connectivity index (χ3n) is 3.42. The molecule has 1 aromatic carbocycles. The van der Waals surface area contributed by atoms with Crippen LogP contribution in [0.4, 0.5) is 0 Å². The number of nitrogens with zero attached hydrogens (tertiary/aromatic N) is 2. The molecule has 0 radical (unpaired) electrons. The number of hydrogen-bond acceptors (Lipinski definition) is 2. The second kappa shape index (κ2) is 5.90. The molecule has 0 bridgehead atoms. The van der Waals surface area contributed by atoms with Gasteiger partial charge in [0.25, 0.3) is 0 Å². The summed E-state index contributed by atoms with van der Waals surface area (Å²) in [5, 5.41) is 13.2. The highest BCUT2D eigenvalue weighted by Crippen LogP contribution is 2.16. The summed E-state index contributed by atoms with van der Waals surface area (Å²) in [4.78, 5) is 11.0. The van der Waals surface area contributed by atoms with Gasteiger partial charge < -0.3 is 5.11 Å². The van der Waals surface area contributed by atoms with Crippen molar-refractivity contribution in [2.45, 2.75) is 39.7 Å². The maximum absolute atomic E-state index is 11.0. The minimum Gasteiger partial charge on any atom is -0.476 e. The van der Waals surface area contributed by atoms with Crippen LogP contribution in [0.25, 0.3) is 0 Å². The number of aryl methyl sites for hydroxylation is 1. The van der Waals surface area contributed by atoms with E-state index in [1.165, 1.54) is 5.56 Å². The van der Waals surface area contributed by atoms with E-state index in [1.807, 2.05) is 6.92 Å². The Hall–Kier alpha value is -2.10. The minimum absolute atomic E-state index is 0.112. The van der Waals surface area contributed by atoms with Crippen LogP contribution in [0, 0.1) is 0 Å². The Kier molecular flexibility index (Phi) is 4.23. The van der Waals surface area contributed by atoms with E-state index in [0.717, 1.165) is 17.7 Å². The molecule has 0 saturated heterocycles. The highest BCUT2D eigenvalue weighted by molar-refractivity contribution is 5.85. The fourth-order valence-electron chi connectivity index (χ4n) is 2.16. The van der Waals surface area contributed by atoms with Gasteiger partial charge in [-0.05, 0) is 29.5 Å². The van der Waals surface area contributed by atoms with Crippen molar-refractivity contribution in [1.29, 1.82) is 0 Å². The van der Waals surface area contributed by atoms with Crippen LogP contribution in [0.3, 0.4) is 0 Å². The summed E-state index contributed by atoms with van der Waals surface area (Å²) in [7, 11) is 0. The smallest absolute Gasteiger partial charge is 0.356 e.